The summed E-state index contributed by atoms with van der Waals surface area (Å²) in [5, 5.41) is 12.2. The van der Waals surface area contributed by atoms with Crippen molar-refractivity contribution in [2.24, 2.45) is 0 Å². The van der Waals surface area contributed by atoms with E-state index in [1.165, 1.54) is 19.2 Å². The Balaban J connectivity index is 2.33. The summed E-state index contributed by atoms with van der Waals surface area (Å²) in [6, 6.07) is 14.8. The molecule has 2 aromatic rings. The maximum atomic E-state index is 12.8. The first kappa shape index (κ1) is 20.2. The predicted molar refractivity (Wildman–Crippen MR) is 103 cm³/mol. The standard InChI is InChI=1S/C20H20N2O4S/c1-20(2,19(23)22-16-8-5-9-17(14-16)26-3)15-7-4-10-18(13-15)27(24,25)12-6-11-21/h4-10,12-14H,1-3H3,(H,22,23). The average Bonchev–Trinajstić information content (AvgIpc) is 2.66. The highest BCUT2D eigenvalue weighted by atomic mass is 32.2. The summed E-state index contributed by atoms with van der Waals surface area (Å²) in [7, 11) is -2.21. The number of carbonyl (C=O) groups excluding carboxylic acids is 1. The SMILES string of the molecule is COc1cccc(NC(=O)C(C)(C)c2cccc(S(=O)(=O)C=CC#N)c2)c1. The average molecular weight is 384 g/mol. The lowest BCUT2D eigenvalue weighted by Gasteiger charge is -2.24. The molecule has 1 N–H and O–H groups in total. The van der Waals surface area contributed by atoms with Gasteiger partial charge in [0.25, 0.3) is 0 Å². The van der Waals surface area contributed by atoms with Gasteiger partial charge in [0.05, 0.1) is 23.5 Å². The topological polar surface area (TPSA) is 96.3 Å². The van der Waals surface area contributed by atoms with E-state index in [9.17, 15) is 13.2 Å². The van der Waals surface area contributed by atoms with Crippen molar-refractivity contribution in [2.45, 2.75) is 24.2 Å². The molecule has 0 heterocycles. The zero-order valence-corrected chi connectivity index (χ0v) is 16.1. The Morgan fingerprint density at radius 1 is 1.19 bits per heavy atom. The molecule has 0 aromatic heterocycles. The molecule has 0 saturated carbocycles. The number of nitrogens with one attached hydrogen (secondary N) is 1. The maximum absolute atomic E-state index is 12.8. The van der Waals surface area contributed by atoms with E-state index in [1.54, 1.807) is 56.3 Å². The molecule has 0 unspecified atom stereocenters. The number of nitriles is 1. The van der Waals surface area contributed by atoms with Crippen LogP contribution in [0.3, 0.4) is 0 Å². The van der Waals surface area contributed by atoms with Crippen LogP contribution in [0.2, 0.25) is 0 Å². The maximum Gasteiger partial charge on any atom is 0.234 e. The van der Waals surface area contributed by atoms with Crippen molar-refractivity contribution in [3.8, 4) is 11.8 Å². The Morgan fingerprint density at radius 3 is 2.56 bits per heavy atom. The van der Waals surface area contributed by atoms with Gasteiger partial charge in [-0.3, -0.25) is 4.79 Å². The van der Waals surface area contributed by atoms with Gasteiger partial charge in [-0.1, -0.05) is 18.2 Å². The number of sulfone groups is 1. The Kier molecular flexibility index (Phi) is 6.03. The molecule has 2 rings (SSSR count). The number of benzene rings is 2. The molecular weight excluding hydrogens is 364 g/mol. The van der Waals surface area contributed by atoms with Crippen LogP contribution in [0, 0.1) is 11.3 Å². The molecule has 6 nitrogen and oxygen atoms in total. The fourth-order valence-corrected chi connectivity index (χ4v) is 3.34. The zero-order chi connectivity index (χ0) is 20.1. The monoisotopic (exact) mass is 384 g/mol. The highest BCUT2D eigenvalue weighted by Gasteiger charge is 2.31. The highest BCUT2D eigenvalue weighted by Crippen LogP contribution is 2.28. The van der Waals surface area contributed by atoms with Crippen molar-refractivity contribution in [3.63, 3.8) is 0 Å². The van der Waals surface area contributed by atoms with E-state index in [2.05, 4.69) is 5.32 Å². The van der Waals surface area contributed by atoms with Crippen LogP contribution in [0.5, 0.6) is 5.75 Å². The summed E-state index contributed by atoms with van der Waals surface area (Å²) in [6.07, 6.45) is 0.905. The highest BCUT2D eigenvalue weighted by molar-refractivity contribution is 7.94. The Morgan fingerprint density at radius 2 is 1.89 bits per heavy atom. The molecule has 140 valence electrons. The quantitative estimate of drug-likeness (QED) is 0.770. The number of ether oxygens (including phenoxy) is 1. The van der Waals surface area contributed by atoms with Gasteiger partial charge in [0, 0.05) is 23.2 Å². The van der Waals surface area contributed by atoms with Crippen LogP contribution in [-0.4, -0.2) is 21.4 Å². The van der Waals surface area contributed by atoms with E-state index in [4.69, 9.17) is 10.00 Å². The van der Waals surface area contributed by atoms with Gasteiger partial charge in [0.15, 0.2) is 0 Å². The van der Waals surface area contributed by atoms with Gasteiger partial charge >= 0.3 is 0 Å². The summed E-state index contributed by atoms with van der Waals surface area (Å²) in [5.74, 6) is 0.320. The van der Waals surface area contributed by atoms with E-state index in [0.29, 0.717) is 17.0 Å². The number of methoxy groups -OCH3 is 1. The lowest BCUT2D eigenvalue weighted by Crippen LogP contribution is -2.34. The minimum Gasteiger partial charge on any atom is -0.497 e. The van der Waals surface area contributed by atoms with E-state index in [0.717, 1.165) is 11.5 Å². The first-order valence-corrected chi connectivity index (χ1v) is 9.62. The van der Waals surface area contributed by atoms with E-state index in [-0.39, 0.29) is 10.8 Å². The number of allylic oxidation sites excluding steroid dienone is 1. The molecule has 2 aromatic carbocycles. The molecule has 1 amide bonds. The van der Waals surface area contributed by atoms with E-state index in [1.807, 2.05) is 0 Å². The second kappa shape index (κ2) is 8.06. The molecule has 0 aliphatic heterocycles. The molecule has 0 fully saturated rings. The summed E-state index contributed by atoms with van der Waals surface area (Å²) < 4.78 is 29.6. The predicted octanol–water partition coefficient (Wildman–Crippen LogP) is 3.42. The van der Waals surface area contributed by atoms with Crippen molar-refractivity contribution < 1.29 is 17.9 Å². The summed E-state index contributed by atoms with van der Waals surface area (Å²) >= 11 is 0. The fourth-order valence-electron chi connectivity index (χ4n) is 2.38. The Hall–Kier alpha value is -3.11. The zero-order valence-electron chi connectivity index (χ0n) is 15.3. The minimum absolute atomic E-state index is 0.0220. The second-order valence-electron chi connectivity index (χ2n) is 6.32. The minimum atomic E-state index is -3.75. The summed E-state index contributed by atoms with van der Waals surface area (Å²) in [5.41, 5.74) is 0.121. The Bertz CT molecular complexity index is 1020. The molecule has 0 radical (unpaired) electrons. The molecule has 0 atom stereocenters. The number of hydrogen-bond donors (Lipinski definition) is 1. The van der Waals surface area contributed by atoms with E-state index < -0.39 is 15.3 Å². The first-order chi connectivity index (χ1) is 12.7. The van der Waals surface area contributed by atoms with Gasteiger partial charge < -0.3 is 10.1 Å². The largest absolute Gasteiger partial charge is 0.497 e. The molecule has 0 spiro atoms. The van der Waals surface area contributed by atoms with Crippen LogP contribution < -0.4 is 10.1 Å². The number of nitrogens with zero attached hydrogens (tertiary/aromatic N) is 1. The fraction of sp³-hybridized carbons (Fsp3) is 0.200. The number of hydrogen-bond acceptors (Lipinski definition) is 5. The van der Waals surface area contributed by atoms with Crippen LogP contribution in [-0.2, 0) is 20.0 Å². The van der Waals surface area contributed by atoms with Crippen LogP contribution in [0.1, 0.15) is 19.4 Å². The van der Waals surface area contributed by atoms with Crippen molar-refractivity contribution in [1.82, 2.24) is 0 Å². The van der Waals surface area contributed by atoms with Crippen LogP contribution in [0.15, 0.2) is 64.9 Å². The van der Waals surface area contributed by atoms with Crippen LogP contribution in [0.4, 0.5) is 5.69 Å². The third kappa shape index (κ3) is 4.74. The number of carbonyl (C=O) groups is 1. The summed E-state index contributed by atoms with van der Waals surface area (Å²) in [4.78, 5) is 12.8. The van der Waals surface area contributed by atoms with Gasteiger partial charge in [0.1, 0.15) is 5.75 Å². The van der Waals surface area contributed by atoms with Gasteiger partial charge in [-0.15, -0.1) is 0 Å². The van der Waals surface area contributed by atoms with Crippen LogP contribution in [0.25, 0.3) is 0 Å². The second-order valence-corrected chi connectivity index (χ2v) is 8.15. The van der Waals surface area contributed by atoms with Crippen molar-refractivity contribution in [3.05, 3.63) is 65.6 Å². The van der Waals surface area contributed by atoms with E-state index >= 15 is 0 Å². The van der Waals surface area contributed by atoms with Crippen molar-refractivity contribution in [1.29, 1.82) is 5.26 Å². The molecule has 0 aliphatic carbocycles. The van der Waals surface area contributed by atoms with Gasteiger partial charge in [-0.2, -0.15) is 5.26 Å². The molecule has 0 bridgehead atoms. The number of amides is 1. The van der Waals surface area contributed by atoms with Crippen LogP contribution >= 0.6 is 0 Å². The van der Waals surface area contributed by atoms with Gasteiger partial charge in [-0.05, 0) is 43.7 Å². The Labute approximate surface area is 159 Å². The number of rotatable bonds is 6. The molecule has 7 heteroatoms. The third-order valence-electron chi connectivity index (χ3n) is 4.10. The first-order valence-electron chi connectivity index (χ1n) is 8.08. The van der Waals surface area contributed by atoms with Gasteiger partial charge in [0.2, 0.25) is 15.7 Å². The molecule has 0 saturated heterocycles. The third-order valence-corrected chi connectivity index (χ3v) is 5.51. The molecule has 27 heavy (non-hydrogen) atoms. The normalized spacial score (nSPS) is 11.8. The van der Waals surface area contributed by atoms with Crippen molar-refractivity contribution in [2.75, 3.05) is 12.4 Å². The molecular formula is C20H20N2O4S. The van der Waals surface area contributed by atoms with Crippen molar-refractivity contribution >= 4 is 21.4 Å². The molecule has 0 aliphatic rings. The smallest absolute Gasteiger partial charge is 0.234 e. The number of anilines is 1. The summed E-state index contributed by atoms with van der Waals surface area (Å²) in [6.45, 7) is 3.42. The lowest BCUT2D eigenvalue weighted by molar-refractivity contribution is -0.120. The lowest BCUT2D eigenvalue weighted by atomic mass is 9.83. The van der Waals surface area contributed by atoms with Gasteiger partial charge in [-0.25, -0.2) is 8.42 Å².